The molecule has 0 unspecified atom stereocenters. The third kappa shape index (κ3) is 4.48. The number of hydrogen-bond acceptors (Lipinski definition) is 1. The molecule has 0 aliphatic rings. The standard InChI is InChI=1S/C7H11BF3N2.K/c1-3-6-4-7(13(2)12-6)5-8(9,10)11;/h4H,3,5H2,1-2H3;/q-1;+1. The monoisotopic (exact) mass is 230 g/mol. The number of aryl methyl sites for hydroxylation is 2. The zero-order valence-corrected chi connectivity index (χ0v) is 11.7. The Morgan fingerprint density at radius 2 is 2.00 bits per heavy atom. The van der Waals surface area contributed by atoms with Crippen LogP contribution in [0.4, 0.5) is 12.9 Å². The van der Waals surface area contributed by atoms with Crippen LogP contribution in [0.1, 0.15) is 18.3 Å². The van der Waals surface area contributed by atoms with Crippen molar-refractivity contribution in [3.63, 3.8) is 0 Å². The van der Waals surface area contributed by atoms with Crippen molar-refractivity contribution in [1.82, 2.24) is 9.78 Å². The quantitative estimate of drug-likeness (QED) is 0.604. The van der Waals surface area contributed by atoms with Gasteiger partial charge in [0.15, 0.2) is 0 Å². The third-order valence-corrected chi connectivity index (χ3v) is 1.83. The smallest absolute Gasteiger partial charge is 0.449 e. The number of rotatable bonds is 3. The summed E-state index contributed by atoms with van der Waals surface area (Å²) in [5.74, 6) is 0. The molecule has 7 heteroatoms. The fourth-order valence-electron chi connectivity index (χ4n) is 1.17. The maximum Gasteiger partial charge on any atom is 1.00 e. The Hall–Kier alpha value is 0.701. The van der Waals surface area contributed by atoms with Crippen LogP contribution in [-0.4, -0.2) is 16.8 Å². The molecule has 0 fully saturated rings. The normalized spacial score (nSPS) is 11.2. The Morgan fingerprint density at radius 1 is 1.43 bits per heavy atom. The Bertz CT molecular complexity index is 298. The Balaban J connectivity index is 0.00000169. The number of nitrogens with zero attached hydrogens (tertiary/aromatic N) is 2. The average Bonchev–Trinajstić information content (AvgIpc) is 2.29. The van der Waals surface area contributed by atoms with Crippen LogP contribution < -0.4 is 51.4 Å². The first-order chi connectivity index (χ1) is 5.92. The molecule has 0 saturated carbocycles. The van der Waals surface area contributed by atoms with Gasteiger partial charge in [-0.15, -0.1) is 0 Å². The third-order valence-electron chi connectivity index (χ3n) is 1.83. The second kappa shape index (κ2) is 5.69. The van der Waals surface area contributed by atoms with Crippen LogP contribution in [0.25, 0.3) is 0 Å². The molecule has 1 aromatic rings. The van der Waals surface area contributed by atoms with E-state index in [4.69, 9.17) is 0 Å². The van der Waals surface area contributed by atoms with Crippen molar-refractivity contribution in [3.05, 3.63) is 17.5 Å². The summed E-state index contributed by atoms with van der Waals surface area (Å²) in [6.45, 7) is -2.89. The molecule has 0 saturated heterocycles. The zero-order valence-electron chi connectivity index (χ0n) is 8.60. The molecule has 0 N–H and O–H groups in total. The van der Waals surface area contributed by atoms with Gasteiger partial charge in [-0.2, -0.15) is 5.10 Å². The summed E-state index contributed by atoms with van der Waals surface area (Å²) in [7, 11) is 1.54. The molecule has 0 bridgehead atoms. The van der Waals surface area contributed by atoms with Crippen molar-refractivity contribution in [2.24, 2.45) is 7.05 Å². The Kier molecular flexibility index (Phi) is 5.98. The molecule has 0 spiro atoms. The molecule has 0 aliphatic carbocycles. The molecule has 1 rings (SSSR count). The first-order valence-electron chi connectivity index (χ1n) is 4.15. The maximum absolute atomic E-state index is 12.1. The van der Waals surface area contributed by atoms with Gasteiger partial charge >= 0.3 is 58.4 Å². The van der Waals surface area contributed by atoms with E-state index in [0.717, 1.165) is 0 Å². The van der Waals surface area contributed by atoms with Crippen molar-refractivity contribution >= 4 is 6.98 Å². The predicted molar refractivity (Wildman–Crippen MR) is 45.4 cm³/mol. The van der Waals surface area contributed by atoms with Gasteiger partial charge in [-0.05, 0) is 18.8 Å². The van der Waals surface area contributed by atoms with Gasteiger partial charge in [0.25, 0.3) is 0 Å². The Morgan fingerprint density at radius 3 is 2.36 bits per heavy atom. The average molecular weight is 230 g/mol. The van der Waals surface area contributed by atoms with Crippen molar-refractivity contribution in [2.45, 2.75) is 19.7 Å². The van der Waals surface area contributed by atoms with Gasteiger partial charge < -0.3 is 12.9 Å². The first-order valence-corrected chi connectivity index (χ1v) is 4.15. The molecule has 74 valence electrons. The van der Waals surface area contributed by atoms with Crippen molar-refractivity contribution in [2.75, 3.05) is 0 Å². The van der Waals surface area contributed by atoms with E-state index < -0.39 is 13.3 Å². The van der Waals surface area contributed by atoms with E-state index in [-0.39, 0.29) is 57.1 Å². The molecule has 14 heavy (non-hydrogen) atoms. The summed E-state index contributed by atoms with van der Waals surface area (Å²) >= 11 is 0. The molecular formula is C7H11BF3KN2. The second-order valence-electron chi connectivity index (χ2n) is 3.02. The van der Waals surface area contributed by atoms with Crippen LogP contribution in [0.15, 0.2) is 6.07 Å². The van der Waals surface area contributed by atoms with Crippen LogP contribution in [0.2, 0.25) is 0 Å². The largest absolute Gasteiger partial charge is 1.00 e. The van der Waals surface area contributed by atoms with Gasteiger partial charge in [0, 0.05) is 12.7 Å². The molecule has 0 aliphatic heterocycles. The van der Waals surface area contributed by atoms with Crippen LogP contribution in [0, 0.1) is 0 Å². The molecular weight excluding hydrogens is 219 g/mol. The summed E-state index contributed by atoms with van der Waals surface area (Å²) < 4.78 is 37.5. The summed E-state index contributed by atoms with van der Waals surface area (Å²) in [6, 6.07) is 1.51. The van der Waals surface area contributed by atoms with Crippen molar-refractivity contribution < 1.29 is 64.3 Å². The van der Waals surface area contributed by atoms with E-state index in [2.05, 4.69) is 5.10 Å². The predicted octanol–water partition coefficient (Wildman–Crippen LogP) is -1.08. The molecule has 0 aromatic carbocycles. The van der Waals surface area contributed by atoms with Crippen LogP contribution in [0.5, 0.6) is 0 Å². The van der Waals surface area contributed by atoms with E-state index in [0.29, 0.717) is 12.1 Å². The van der Waals surface area contributed by atoms with E-state index in [9.17, 15) is 12.9 Å². The number of aromatic nitrogens is 2. The second-order valence-corrected chi connectivity index (χ2v) is 3.02. The molecule has 0 amide bonds. The van der Waals surface area contributed by atoms with Crippen LogP contribution in [-0.2, 0) is 19.8 Å². The first kappa shape index (κ1) is 14.7. The molecule has 1 heterocycles. The van der Waals surface area contributed by atoms with Crippen LogP contribution in [0.3, 0.4) is 0 Å². The van der Waals surface area contributed by atoms with Gasteiger partial charge in [-0.1, -0.05) is 6.92 Å². The summed E-state index contributed by atoms with van der Waals surface area (Å²) in [6.07, 6.45) is -0.178. The van der Waals surface area contributed by atoms with Gasteiger partial charge in [-0.3, -0.25) is 4.68 Å². The summed E-state index contributed by atoms with van der Waals surface area (Å²) in [5.41, 5.74) is 0.946. The molecule has 0 atom stereocenters. The summed E-state index contributed by atoms with van der Waals surface area (Å²) in [4.78, 5) is 0. The van der Waals surface area contributed by atoms with Crippen molar-refractivity contribution in [1.29, 1.82) is 0 Å². The van der Waals surface area contributed by atoms with E-state index in [1.165, 1.54) is 17.8 Å². The van der Waals surface area contributed by atoms with Gasteiger partial charge in [0.05, 0.1) is 5.69 Å². The van der Waals surface area contributed by atoms with E-state index >= 15 is 0 Å². The minimum absolute atomic E-state index is 0. The Labute approximate surface area is 124 Å². The molecule has 1 aromatic heterocycles. The number of hydrogen-bond donors (Lipinski definition) is 0. The fraction of sp³-hybridized carbons (Fsp3) is 0.571. The van der Waals surface area contributed by atoms with Crippen molar-refractivity contribution in [3.8, 4) is 0 Å². The minimum atomic E-state index is -4.76. The molecule has 2 nitrogen and oxygen atoms in total. The SMILES string of the molecule is CCc1cc(C[B-](F)(F)F)n(C)n1.[K+]. The van der Waals surface area contributed by atoms with E-state index in [1.54, 1.807) is 0 Å². The zero-order chi connectivity index (χ0) is 10.1. The summed E-state index contributed by atoms with van der Waals surface area (Å²) in [5, 5.41) is 3.94. The number of halogens is 3. The van der Waals surface area contributed by atoms with Crippen LogP contribution >= 0.6 is 0 Å². The fourth-order valence-corrected chi connectivity index (χ4v) is 1.17. The maximum atomic E-state index is 12.1. The molecule has 0 radical (unpaired) electrons. The van der Waals surface area contributed by atoms with Gasteiger partial charge in [-0.25, -0.2) is 0 Å². The van der Waals surface area contributed by atoms with Gasteiger partial charge in [0.2, 0.25) is 0 Å². The van der Waals surface area contributed by atoms with E-state index in [1.807, 2.05) is 6.92 Å². The topological polar surface area (TPSA) is 17.8 Å². The minimum Gasteiger partial charge on any atom is -0.449 e. The van der Waals surface area contributed by atoms with Gasteiger partial charge in [0.1, 0.15) is 0 Å².